The quantitative estimate of drug-likeness (QED) is 0.859. The molecule has 1 amide bonds. The summed E-state index contributed by atoms with van der Waals surface area (Å²) >= 11 is 5.85. The van der Waals surface area contributed by atoms with Crippen LogP contribution >= 0.6 is 11.6 Å². The molecule has 0 aromatic heterocycles. The normalized spacial score (nSPS) is 13.8. The molecule has 4 heteroatoms. The fraction of sp³-hybridized carbons (Fsp3) is 0.500. The van der Waals surface area contributed by atoms with Crippen LogP contribution in [-0.2, 0) is 4.79 Å². The molecule has 0 saturated carbocycles. The van der Waals surface area contributed by atoms with Gasteiger partial charge in [-0.2, -0.15) is 0 Å². The van der Waals surface area contributed by atoms with Gasteiger partial charge < -0.3 is 10.1 Å². The summed E-state index contributed by atoms with van der Waals surface area (Å²) in [5.41, 5.74) is 0. The van der Waals surface area contributed by atoms with E-state index in [1.807, 2.05) is 6.92 Å². The summed E-state index contributed by atoms with van der Waals surface area (Å²) < 4.78 is 5.54. The van der Waals surface area contributed by atoms with E-state index in [-0.39, 0.29) is 11.9 Å². The van der Waals surface area contributed by atoms with Gasteiger partial charge in [0, 0.05) is 11.1 Å². The number of carbonyl (C=O) groups is 1. The Bertz CT molecular complexity index is 395. The van der Waals surface area contributed by atoms with Crippen molar-refractivity contribution in [2.75, 3.05) is 0 Å². The number of rotatable bonds is 6. The van der Waals surface area contributed by atoms with Crippen molar-refractivity contribution in [2.24, 2.45) is 0 Å². The highest BCUT2D eigenvalue weighted by molar-refractivity contribution is 6.30. The summed E-state index contributed by atoms with van der Waals surface area (Å²) in [6, 6.07) is 7.21. The third-order valence-electron chi connectivity index (χ3n) is 2.59. The topological polar surface area (TPSA) is 38.3 Å². The van der Waals surface area contributed by atoms with E-state index in [4.69, 9.17) is 16.3 Å². The molecule has 1 N–H and O–H groups in total. The summed E-state index contributed by atoms with van der Waals surface area (Å²) in [6.45, 7) is 5.82. The van der Waals surface area contributed by atoms with Crippen LogP contribution in [0, 0.1) is 0 Å². The molecule has 0 bridgehead atoms. The van der Waals surface area contributed by atoms with Gasteiger partial charge in [-0.3, -0.25) is 4.79 Å². The lowest BCUT2D eigenvalue weighted by molar-refractivity contribution is -0.127. The van der Waals surface area contributed by atoms with Gasteiger partial charge in [-0.1, -0.05) is 31.0 Å². The lowest BCUT2D eigenvalue weighted by atomic mass is 10.2. The van der Waals surface area contributed by atoms with Crippen LogP contribution in [0.4, 0.5) is 0 Å². The first-order chi connectivity index (χ1) is 8.52. The van der Waals surface area contributed by atoms with E-state index in [2.05, 4.69) is 12.2 Å². The molecule has 0 saturated heterocycles. The molecule has 0 fully saturated rings. The Morgan fingerprint density at radius 2 is 2.17 bits per heavy atom. The number of nitrogens with one attached hydrogen (secondary N) is 1. The first-order valence-corrected chi connectivity index (χ1v) is 6.63. The fourth-order valence-electron chi connectivity index (χ4n) is 1.66. The van der Waals surface area contributed by atoms with Gasteiger partial charge in [0.15, 0.2) is 6.10 Å². The SMILES string of the molecule is CCC[C@@H](C)NC(=O)[C@H](C)Oc1cccc(Cl)c1. The number of amides is 1. The van der Waals surface area contributed by atoms with Crippen LogP contribution in [0.15, 0.2) is 24.3 Å². The molecule has 0 aliphatic rings. The zero-order valence-electron chi connectivity index (χ0n) is 11.1. The summed E-state index contributed by atoms with van der Waals surface area (Å²) in [4.78, 5) is 11.8. The second-order valence-corrected chi connectivity index (χ2v) is 4.85. The molecule has 0 heterocycles. The Morgan fingerprint density at radius 1 is 1.44 bits per heavy atom. The third kappa shape index (κ3) is 4.96. The third-order valence-corrected chi connectivity index (χ3v) is 2.82. The van der Waals surface area contributed by atoms with Gasteiger partial charge in [-0.25, -0.2) is 0 Å². The van der Waals surface area contributed by atoms with Gasteiger partial charge in [0.2, 0.25) is 0 Å². The number of carbonyl (C=O) groups excluding carboxylic acids is 1. The monoisotopic (exact) mass is 269 g/mol. The summed E-state index contributed by atoms with van der Waals surface area (Å²) in [6.07, 6.45) is 1.49. The summed E-state index contributed by atoms with van der Waals surface area (Å²) in [5.74, 6) is 0.504. The van der Waals surface area contributed by atoms with Crippen LogP contribution < -0.4 is 10.1 Å². The second-order valence-electron chi connectivity index (χ2n) is 4.42. The van der Waals surface area contributed by atoms with Gasteiger partial charge >= 0.3 is 0 Å². The van der Waals surface area contributed by atoms with E-state index in [9.17, 15) is 4.79 Å². The lowest BCUT2D eigenvalue weighted by Gasteiger charge is -2.18. The lowest BCUT2D eigenvalue weighted by Crippen LogP contribution is -2.41. The maximum Gasteiger partial charge on any atom is 0.260 e. The van der Waals surface area contributed by atoms with Crippen molar-refractivity contribution >= 4 is 17.5 Å². The molecular formula is C14H20ClNO2. The van der Waals surface area contributed by atoms with Crippen molar-refractivity contribution in [3.8, 4) is 5.75 Å². The van der Waals surface area contributed by atoms with Gasteiger partial charge in [-0.05, 0) is 38.5 Å². The van der Waals surface area contributed by atoms with Gasteiger partial charge in [-0.15, -0.1) is 0 Å². The van der Waals surface area contributed by atoms with Crippen LogP contribution in [0.1, 0.15) is 33.6 Å². The number of halogens is 1. The van der Waals surface area contributed by atoms with Crippen LogP contribution in [0.3, 0.4) is 0 Å². The highest BCUT2D eigenvalue weighted by atomic mass is 35.5. The van der Waals surface area contributed by atoms with E-state index >= 15 is 0 Å². The smallest absolute Gasteiger partial charge is 0.260 e. The molecule has 0 unspecified atom stereocenters. The standard InChI is InChI=1S/C14H20ClNO2/c1-4-6-10(2)16-14(17)11(3)18-13-8-5-7-12(15)9-13/h5,7-11H,4,6H2,1-3H3,(H,16,17)/t10-,11+/m1/s1. The molecule has 0 aliphatic heterocycles. The van der Waals surface area contributed by atoms with Crippen molar-refractivity contribution in [3.05, 3.63) is 29.3 Å². The molecule has 1 rings (SSSR count). The Morgan fingerprint density at radius 3 is 2.78 bits per heavy atom. The number of benzene rings is 1. The molecule has 1 aromatic carbocycles. The highest BCUT2D eigenvalue weighted by Crippen LogP contribution is 2.18. The molecule has 100 valence electrons. The van der Waals surface area contributed by atoms with Crippen molar-refractivity contribution in [3.63, 3.8) is 0 Å². The summed E-state index contributed by atoms with van der Waals surface area (Å²) in [5, 5.41) is 3.52. The van der Waals surface area contributed by atoms with Crippen molar-refractivity contribution in [1.29, 1.82) is 0 Å². The number of ether oxygens (including phenoxy) is 1. The zero-order chi connectivity index (χ0) is 13.5. The first kappa shape index (κ1) is 14.8. The minimum absolute atomic E-state index is 0.101. The van der Waals surface area contributed by atoms with Crippen LogP contribution in [0.2, 0.25) is 5.02 Å². The van der Waals surface area contributed by atoms with E-state index < -0.39 is 6.10 Å². The van der Waals surface area contributed by atoms with Crippen molar-refractivity contribution in [1.82, 2.24) is 5.32 Å². The Labute approximate surface area is 113 Å². The molecule has 18 heavy (non-hydrogen) atoms. The number of hydrogen-bond donors (Lipinski definition) is 1. The van der Waals surface area contributed by atoms with E-state index in [0.717, 1.165) is 12.8 Å². The maximum absolute atomic E-state index is 11.8. The van der Waals surface area contributed by atoms with Gasteiger partial charge in [0.25, 0.3) is 5.91 Å². The molecule has 0 spiro atoms. The first-order valence-electron chi connectivity index (χ1n) is 6.25. The largest absolute Gasteiger partial charge is 0.481 e. The van der Waals surface area contributed by atoms with Crippen LogP contribution in [0.5, 0.6) is 5.75 Å². The molecule has 2 atom stereocenters. The number of hydrogen-bond acceptors (Lipinski definition) is 2. The second kappa shape index (κ2) is 7.27. The van der Waals surface area contributed by atoms with Crippen molar-refractivity contribution < 1.29 is 9.53 Å². The van der Waals surface area contributed by atoms with E-state index in [1.54, 1.807) is 31.2 Å². The fourth-order valence-corrected chi connectivity index (χ4v) is 1.84. The average Bonchev–Trinajstić information content (AvgIpc) is 2.29. The summed E-state index contributed by atoms with van der Waals surface area (Å²) in [7, 11) is 0. The van der Waals surface area contributed by atoms with Crippen LogP contribution in [0.25, 0.3) is 0 Å². The Kier molecular flexibility index (Phi) is 5.99. The van der Waals surface area contributed by atoms with Crippen LogP contribution in [-0.4, -0.2) is 18.1 Å². The molecule has 1 aromatic rings. The minimum Gasteiger partial charge on any atom is -0.481 e. The maximum atomic E-state index is 11.8. The van der Waals surface area contributed by atoms with Gasteiger partial charge in [0.1, 0.15) is 5.75 Å². The zero-order valence-corrected chi connectivity index (χ0v) is 11.8. The van der Waals surface area contributed by atoms with Gasteiger partial charge in [0.05, 0.1) is 0 Å². The Hall–Kier alpha value is -1.22. The molecule has 0 aliphatic carbocycles. The predicted octanol–water partition coefficient (Wildman–Crippen LogP) is 3.41. The molecule has 0 radical (unpaired) electrons. The highest BCUT2D eigenvalue weighted by Gasteiger charge is 2.16. The Balaban J connectivity index is 2.49. The van der Waals surface area contributed by atoms with Crippen molar-refractivity contribution in [2.45, 2.75) is 45.8 Å². The van der Waals surface area contributed by atoms with E-state index in [0.29, 0.717) is 10.8 Å². The molecule has 3 nitrogen and oxygen atoms in total. The average molecular weight is 270 g/mol. The molecular weight excluding hydrogens is 250 g/mol. The predicted molar refractivity (Wildman–Crippen MR) is 74.1 cm³/mol. The van der Waals surface area contributed by atoms with E-state index in [1.165, 1.54) is 0 Å². The minimum atomic E-state index is -0.525.